The van der Waals surface area contributed by atoms with Gasteiger partial charge in [0.15, 0.2) is 0 Å². The molecule has 0 amide bonds. The number of esters is 1. The highest BCUT2D eigenvalue weighted by atomic mass is 35.5. The van der Waals surface area contributed by atoms with Crippen LogP contribution >= 0.6 is 23.2 Å². The molecule has 0 fully saturated rings. The Hall–Kier alpha value is -2.68. The van der Waals surface area contributed by atoms with Crippen LogP contribution in [-0.4, -0.2) is 25.7 Å². The standard InChI is InChI=1S/C23H24Cl2N2O3/c1-4-27(5-2)20-10-8-16(11-18(14-26)23(28)29-6-3)22(13-20)30-15-17-7-9-19(24)12-21(17)25/h7-13H,4-6,15H2,1-3H3/b18-11-. The fourth-order valence-electron chi connectivity index (χ4n) is 2.85. The van der Waals surface area contributed by atoms with Gasteiger partial charge in [0.1, 0.15) is 24.0 Å². The molecular formula is C23H24Cl2N2O3. The van der Waals surface area contributed by atoms with Gasteiger partial charge in [-0.25, -0.2) is 4.79 Å². The quantitative estimate of drug-likeness (QED) is 0.273. The number of carbonyl (C=O) groups excluding carboxylic acids is 1. The van der Waals surface area contributed by atoms with Gasteiger partial charge in [0, 0.05) is 46.0 Å². The maximum atomic E-state index is 12.0. The maximum Gasteiger partial charge on any atom is 0.348 e. The van der Waals surface area contributed by atoms with Crippen LogP contribution in [0.4, 0.5) is 5.69 Å². The zero-order chi connectivity index (χ0) is 22.1. The Bertz CT molecular complexity index is 963. The lowest BCUT2D eigenvalue weighted by Gasteiger charge is -2.22. The van der Waals surface area contributed by atoms with Crippen LogP contribution < -0.4 is 9.64 Å². The van der Waals surface area contributed by atoms with Crippen molar-refractivity contribution >= 4 is 40.9 Å². The van der Waals surface area contributed by atoms with Crippen LogP contribution in [0.3, 0.4) is 0 Å². The number of nitrogens with zero attached hydrogens (tertiary/aromatic N) is 2. The molecule has 5 nitrogen and oxygen atoms in total. The summed E-state index contributed by atoms with van der Waals surface area (Å²) in [5.41, 5.74) is 2.25. The molecular weight excluding hydrogens is 423 g/mol. The summed E-state index contributed by atoms with van der Waals surface area (Å²) < 4.78 is 11.0. The zero-order valence-electron chi connectivity index (χ0n) is 17.2. The van der Waals surface area contributed by atoms with Crippen LogP contribution in [0.15, 0.2) is 42.0 Å². The number of nitriles is 1. The number of hydrogen-bond acceptors (Lipinski definition) is 5. The van der Waals surface area contributed by atoms with Crippen LogP contribution in [0.5, 0.6) is 5.75 Å². The highest BCUT2D eigenvalue weighted by Crippen LogP contribution is 2.30. The predicted octanol–water partition coefficient (Wildman–Crippen LogP) is 5.89. The van der Waals surface area contributed by atoms with Crippen molar-refractivity contribution in [2.24, 2.45) is 0 Å². The Labute approximate surface area is 187 Å². The fourth-order valence-corrected chi connectivity index (χ4v) is 3.31. The van der Waals surface area contributed by atoms with Crippen molar-refractivity contribution in [2.45, 2.75) is 27.4 Å². The van der Waals surface area contributed by atoms with Crippen LogP contribution in [0.25, 0.3) is 6.08 Å². The number of rotatable bonds is 9. The maximum absolute atomic E-state index is 12.0. The summed E-state index contributed by atoms with van der Waals surface area (Å²) in [6.07, 6.45) is 1.48. The second-order valence-electron chi connectivity index (χ2n) is 6.31. The normalized spacial score (nSPS) is 11.0. The van der Waals surface area contributed by atoms with Crippen molar-refractivity contribution in [3.05, 3.63) is 63.1 Å². The van der Waals surface area contributed by atoms with Gasteiger partial charge in [0.05, 0.1) is 6.61 Å². The summed E-state index contributed by atoms with van der Waals surface area (Å²) in [4.78, 5) is 14.2. The first kappa shape index (κ1) is 23.6. The van der Waals surface area contributed by atoms with E-state index in [-0.39, 0.29) is 18.8 Å². The minimum Gasteiger partial charge on any atom is -0.488 e. The van der Waals surface area contributed by atoms with Crippen molar-refractivity contribution in [2.75, 3.05) is 24.6 Å². The second-order valence-corrected chi connectivity index (χ2v) is 7.15. The van der Waals surface area contributed by atoms with Gasteiger partial charge in [-0.3, -0.25) is 0 Å². The van der Waals surface area contributed by atoms with E-state index in [2.05, 4.69) is 18.7 Å². The van der Waals surface area contributed by atoms with E-state index >= 15 is 0 Å². The van der Waals surface area contributed by atoms with E-state index in [0.29, 0.717) is 21.4 Å². The predicted molar refractivity (Wildman–Crippen MR) is 121 cm³/mol. The summed E-state index contributed by atoms with van der Waals surface area (Å²) in [5, 5.41) is 10.4. The van der Waals surface area contributed by atoms with Gasteiger partial charge in [0.25, 0.3) is 0 Å². The summed E-state index contributed by atoms with van der Waals surface area (Å²) in [6, 6.07) is 12.7. The molecule has 0 radical (unpaired) electrons. The Morgan fingerprint density at radius 3 is 2.47 bits per heavy atom. The van der Waals surface area contributed by atoms with Crippen molar-refractivity contribution in [3.8, 4) is 11.8 Å². The first-order chi connectivity index (χ1) is 14.4. The lowest BCUT2D eigenvalue weighted by Crippen LogP contribution is -2.21. The molecule has 0 atom stereocenters. The van der Waals surface area contributed by atoms with Crippen molar-refractivity contribution in [1.29, 1.82) is 5.26 Å². The fraction of sp³-hybridized carbons (Fsp3) is 0.304. The molecule has 2 aromatic carbocycles. The van der Waals surface area contributed by atoms with Gasteiger partial charge in [-0.15, -0.1) is 0 Å². The summed E-state index contributed by atoms with van der Waals surface area (Å²) >= 11 is 12.2. The second kappa shape index (κ2) is 11.5. The number of halogens is 2. The lowest BCUT2D eigenvalue weighted by molar-refractivity contribution is -0.137. The van der Waals surface area contributed by atoms with E-state index in [4.69, 9.17) is 32.7 Å². The minimum atomic E-state index is -0.667. The van der Waals surface area contributed by atoms with E-state index in [1.165, 1.54) is 6.08 Å². The molecule has 0 saturated heterocycles. The van der Waals surface area contributed by atoms with Gasteiger partial charge in [-0.2, -0.15) is 5.26 Å². The van der Waals surface area contributed by atoms with Gasteiger partial charge < -0.3 is 14.4 Å². The molecule has 30 heavy (non-hydrogen) atoms. The molecule has 158 valence electrons. The number of ether oxygens (including phenoxy) is 2. The largest absolute Gasteiger partial charge is 0.488 e. The average Bonchev–Trinajstić information content (AvgIpc) is 2.73. The van der Waals surface area contributed by atoms with Crippen LogP contribution in [-0.2, 0) is 16.1 Å². The molecule has 0 N–H and O–H groups in total. The topological polar surface area (TPSA) is 62.6 Å². The number of benzene rings is 2. The van der Waals surface area contributed by atoms with Crippen molar-refractivity contribution < 1.29 is 14.3 Å². The first-order valence-electron chi connectivity index (χ1n) is 9.68. The van der Waals surface area contributed by atoms with E-state index in [0.717, 1.165) is 24.3 Å². The SMILES string of the molecule is CCOC(=O)/C(C#N)=C\c1ccc(N(CC)CC)cc1OCc1ccc(Cl)cc1Cl. The molecule has 0 aliphatic heterocycles. The molecule has 0 aromatic heterocycles. The third-order valence-electron chi connectivity index (χ3n) is 4.44. The average molecular weight is 447 g/mol. The lowest BCUT2D eigenvalue weighted by atomic mass is 10.1. The molecule has 0 saturated carbocycles. The zero-order valence-corrected chi connectivity index (χ0v) is 18.8. The van der Waals surface area contributed by atoms with E-state index < -0.39 is 5.97 Å². The number of anilines is 1. The third-order valence-corrected chi connectivity index (χ3v) is 5.03. The summed E-state index contributed by atoms with van der Waals surface area (Å²) in [5.74, 6) is -0.137. The summed E-state index contributed by atoms with van der Waals surface area (Å²) in [6.45, 7) is 7.90. The molecule has 0 heterocycles. The Morgan fingerprint density at radius 1 is 1.13 bits per heavy atom. The van der Waals surface area contributed by atoms with Gasteiger partial charge >= 0.3 is 5.97 Å². The van der Waals surface area contributed by atoms with Gasteiger partial charge in [0.2, 0.25) is 0 Å². The number of hydrogen-bond donors (Lipinski definition) is 0. The van der Waals surface area contributed by atoms with Crippen LogP contribution in [0.2, 0.25) is 10.0 Å². The third kappa shape index (κ3) is 6.16. The molecule has 2 aromatic rings. The highest BCUT2D eigenvalue weighted by molar-refractivity contribution is 6.35. The smallest absolute Gasteiger partial charge is 0.348 e. The minimum absolute atomic E-state index is 0.0955. The molecule has 7 heteroatoms. The first-order valence-corrected chi connectivity index (χ1v) is 10.4. The molecule has 0 aliphatic rings. The monoisotopic (exact) mass is 446 g/mol. The van der Waals surface area contributed by atoms with Gasteiger partial charge in [-0.05, 0) is 51.1 Å². The molecule has 0 bridgehead atoms. The van der Waals surface area contributed by atoms with E-state index in [9.17, 15) is 10.1 Å². The molecule has 0 unspecified atom stereocenters. The Morgan fingerprint density at radius 2 is 1.87 bits per heavy atom. The van der Waals surface area contributed by atoms with E-state index in [1.54, 1.807) is 25.1 Å². The van der Waals surface area contributed by atoms with Crippen LogP contribution in [0.1, 0.15) is 31.9 Å². The molecule has 0 spiro atoms. The van der Waals surface area contributed by atoms with Crippen LogP contribution in [0, 0.1) is 11.3 Å². The number of carbonyl (C=O) groups is 1. The highest BCUT2D eigenvalue weighted by Gasteiger charge is 2.14. The van der Waals surface area contributed by atoms with Crippen molar-refractivity contribution in [1.82, 2.24) is 0 Å². The molecule has 2 rings (SSSR count). The summed E-state index contributed by atoms with van der Waals surface area (Å²) in [7, 11) is 0. The van der Waals surface area contributed by atoms with Crippen molar-refractivity contribution in [3.63, 3.8) is 0 Å². The Kier molecular flexibility index (Phi) is 9.04. The van der Waals surface area contributed by atoms with E-state index in [1.807, 2.05) is 24.3 Å². The van der Waals surface area contributed by atoms with Gasteiger partial charge in [-0.1, -0.05) is 29.3 Å². The molecule has 0 aliphatic carbocycles. The Balaban J connectivity index is 2.43.